The zero-order valence-corrected chi connectivity index (χ0v) is 16.1. The highest BCUT2D eigenvalue weighted by Crippen LogP contribution is 2.37. The molecule has 0 aliphatic carbocycles. The summed E-state index contributed by atoms with van der Waals surface area (Å²) in [6.07, 6.45) is 1.18. The van der Waals surface area contributed by atoms with E-state index in [1.807, 2.05) is 6.92 Å². The van der Waals surface area contributed by atoms with E-state index in [2.05, 4.69) is 5.32 Å². The first-order valence-electron chi connectivity index (χ1n) is 8.26. The summed E-state index contributed by atoms with van der Waals surface area (Å²) in [6.45, 7) is 1.89. The summed E-state index contributed by atoms with van der Waals surface area (Å²) in [5.74, 6) is -2.24. The Morgan fingerprint density at radius 2 is 1.90 bits per heavy atom. The monoisotopic (exact) mass is 413 g/mol. The number of nitrogens with zero attached hydrogens (tertiary/aromatic N) is 2. The van der Waals surface area contributed by atoms with Crippen LogP contribution in [-0.4, -0.2) is 34.1 Å². The average molecular weight is 413 g/mol. The number of hydrogen-bond donors (Lipinski definition) is 2. The van der Waals surface area contributed by atoms with Crippen LogP contribution in [0.25, 0.3) is 6.08 Å². The molecule has 0 radical (unpaired) electrons. The van der Waals surface area contributed by atoms with Gasteiger partial charge in [-0.15, -0.1) is 0 Å². The van der Waals surface area contributed by atoms with Crippen LogP contribution in [0.1, 0.15) is 11.1 Å². The second-order valence-corrected chi connectivity index (χ2v) is 6.53. The van der Waals surface area contributed by atoms with Gasteiger partial charge in [0.1, 0.15) is 5.57 Å². The maximum absolute atomic E-state index is 13.0. The van der Waals surface area contributed by atoms with Gasteiger partial charge in [0.25, 0.3) is 11.8 Å². The van der Waals surface area contributed by atoms with Crippen LogP contribution in [0.5, 0.6) is 11.5 Å². The SMILES string of the molecule is COc1cc(/C=C2\C(=O)NC(=S)N(c3ccc(C)cc3)C2=O)cc([N+](=O)[O-])c1O. The molecule has 29 heavy (non-hydrogen) atoms. The van der Waals surface area contributed by atoms with E-state index in [1.54, 1.807) is 24.3 Å². The number of nitro groups is 1. The lowest BCUT2D eigenvalue weighted by Crippen LogP contribution is -2.54. The van der Waals surface area contributed by atoms with Crippen LogP contribution in [0.2, 0.25) is 0 Å². The molecule has 2 aromatic rings. The minimum Gasteiger partial charge on any atom is -0.500 e. The second-order valence-electron chi connectivity index (χ2n) is 6.14. The summed E-state index contributed by atoms with van der Waals surface area (Å²) in [5, 5.41) is 23.4. The molecule has 0 atom stereocenters. The smallest absolute Gasteiger partial charge is 0.315 e. The van der Waals surface area contributed by atoms with Gasteiger partial charge in [0.2, 0.25) is 5.75 Å². The second kappa shape index (κ2) is 7.68. The van der Waals surface area contributed by atoms with Gasteiger partial charge < -0.3 is 9.84 Å². The molecule has 1 saturated heterocycles. The van der Waals surface area contributed by atoms with Gasteiger partial charge in [-0.2, -0.15) is 0 Å². The van der Waals surface area contributed by atoms with E-state index in [9.17, 15) is 24.8 Å². The molecule has 1 aliphatic rings. The number of carbonyl (C=O) groups excluding carboxylic acids is 2. The van der Waals surface area contributed by atoms with Crippen LogP contribution < -0.4 is 15.0 Å². The summed E-state index contributed by atoms with van der Waals surface area (Å²) in [6, 6.07) is 9.26. The van der Waals surface area contributed by atoms with Crippen LogP contribution in [0.3, 0.4) is 0 Å². The number of nitrogens with one attached hydrogen (secondary N) is 1. The molecule has 0 bridgehead atoms. The van der Waals surface area contributed by atoms with Crippen molar-refractivity contribution in [1.82, 2.24) is 5.32 Å². The van der Waals surface area contributed by atoms with Crippen LogP contribution in [0.4, 0.5) is 11.4 Å². The Labute approximate surface area is 170 Å². The minimum absolute atomic E-state index is 0.0738. The number of anilines is 1. The van der Waals surface area contributed by atoms with Crippen molar-refractivity contribution in [1.29, 1.82) is 0 Å². The number of hydrogen-bond acceptors (Lipinski definition) is 7. The van der Waals surface area contributed by atoms with Gasteiger partial charge in [0, 0.05) is 6.07 Å². The van der Waals surface area contributed by atoms with E-state index in [1.165, 1.54) is 19.3 Å². The van der Waals surface area contributed by atoms with Crippen molar-refractivity contribution in [3.05, 3.63) is 63.2 Å². The first-order valence-corrected chi connectivity index (χ1v) is 8.67. The standard InChI is InChI=1S/C19H15N3O6S/c1-10-3-5-12(6-4-10)21-18(25)13(17(24)20-19(21)29)7-11-8-14(22(26)27)16(23)15(9-11)28-2/h3-9,23H,1-2H3,(H,20,24,29)/b13-7+. The van der Waals surface area contributed by atoms with Crippen molar-refractivity contribution in [3.63, 3.8) is 0 Å². The lowest BCUT2D eigenvalue weighted by Gasteiger charge is -2.29. The van der Waals surface area contributed by atoms with E-state index in [4.69, 9.17) is 17.0 Å². The Balaban J connectivity index is 2.08. The Kier molecular flexibility index (Phi) is 5.29. The van der Waals surface area contributed by atoms with Crippen molar-refractivity contribution >= 4 is 46.6 Å². The summed E-state index contributed by atoms with van der Waals surface area (Å²) >= 11 is 5.13. The topological polar surface area (TPSA) is 122 Å². The van der Waals surface area contributed by atoms with Crippen LogP contribution in [0, 0.1) is 17.0 Å². The highest BCUT2D eigenvalue weighted by atomic mass is 32.1. The van der Waals surface area contributed by atoms with Gasteiger partial charge in [-0.25, -0.2) is 0 Å². The van der Waals surface area contributed by atoms with Crippen molar-refractivity contribution < 1.29 is 24.4 Å². The molecule has 0 unspecified atom stereocenters. The fraction of sp³-hybridized carbons (Fsp3) is 0.105. The lowest BCUT2D eigenvalue weighted by atomic mass is 10.1. The van der Waals surface area contributed by atoms with E-state index < -0.39 is 28.2 Å². The average Bonchev–Trinajstić information content (AvgIpc) is 2.67. The molecular formula is C19H15N3O6S. The molecule has 10 heteroatoms. The van der Waals surface area contributed by atoms with Gasteiger partial charge in [-0.1, -0.05) is 17.7 Å². The molecule has 2 aromatic carbocycles. The highest BCUT2D eigenvalue weighted by molar-refractivity contribution is 7.80. The molecule has 3 rings (SSSR count). The number of aryl methyl sites for hydroxylation is 1. The number of ether oxygens (including phenoxy) is 1. The number of carbonyl (C=O) groups is 2. The number of benzene rings is 2. The third-order valence-corrected chi connectivity index (χ3v) is 4.48. The number of aromatic hydroxyl groups is 1. The predicted molar refractivity (Wildman–Crippen MR) is 109 cm³/mol. The quantitative estimate of drug-likeness (QED) is 0.260. The molecule has 0 saturated carbocycles. The summed E-state index contributed by atoms with van der Waals surface area (Å²) in [4.78, 5) is 36.9. The number of methoxy groups -OCH3 is 1. The van der Waals surface area contributed by atoms with E-state index >= 15 is 0 Å². The number of amides is 2. The molecule has 9 nitrogen and oxygen atoms in total. The van der Waals surface area contributed by atoms with Gasteiger partial charge in [-0.05, 0) is 49.0 Å². The molecule has 1 fully saturated rings. The number of rotatable bonds is 4. The maximum atomic E-state index is 13.0. The minimum atomic E-state index is -0.795. The Bertz CT molecular complexity index is 1080. The number of thiocarbonyl (C=S) groups is 1. The number of phenolic OH excluding ortho intramolecular Hbond substituents is 1. The number of nitro benzene ring substituents is 1. The predicted octanol–water partition coefficient (Wildman–Crippen LogP) is 2.45. The summed E-state index contributed by atoms with van der Waals surface area (Å²) < 4.78 is 4.94. The molecule has 0 spiro atoms. The van der Waals surface area contributed by atoms with Gasteiger partial charge in [0.15, 0.2) is 10.9 Å². The van der Waals surface area contributed by atoms with Gasteiger partial charge in [0.05, 0.1) is 17.7 Å². The number of phenols is 1. The Morgan fingerprint density at radius 3 is 2.48 bits per heavy atom. The van der Waals surface area contributed by atoms with Crippen molar-refractivity contribution in [2.45, 2.75) is 6.92 Å². The fourth-order valence-corrected chi connectivity index (χ4v) is 3.03. The Hall–Kier alpha value is -3.79. The van der Waals surface area contributed by atoms with Gasteiger partial charge >= 0.3 is 5.69 Å². The zero-order chi connectivity index (χ0) is 21.3. The van der Waals surface area contributed by atoms with Crippen LogP contribution >= 0.6 is 12.2 Å². The molecule has 1 heterocycles. The molecule has 0 aromatic heterocycles. The van der Waals surface area contributed by atoms with Crippen molar-refractivity contribution in [2.24, 2.45) is 0 Å². The third kappa shape index (κ3) is 3.78. The van der Waals surface area contributed by atoms with E-state index in [0.717, 1.165) is 16.5 Å². The first-order chi connectivity index (χ1) is 13.7. The largest absolute Gasteiger partial charge is 0.500 e. The molecule has 1 aliphatic heterocycles. The molecular weight excluding hydrogens is 398 g/mol. The summed E-state index contributed by atoms with van der Waals surface area (Å²) in [5.41, 5.74) is 0.673. The first kappa shape index (κ1) is 20.0. The summed E-state index contributed by atoms with van der Waals surface area (Å²) in [7, 11) is 1.23. The molecule has 148 valence electrons. The van der Waals surface area contributed by atoms with E-state index in [-0.39, 0.29) is 22.0 Å². The van der Waals surface area contributed by atoms with Crippen LogP contribution in [0.15, 0.2) is 42.0 Å². The zero-order valence-electron chi connectivity index (χ0n) is 15.3. The van der Waals surface area contributed by atoms with E-state index in [0.29, 0.717) is 5.69 Å². The normalized spacial score (nSPS) is 15.4. The maximum Gasteiger partial charge on any atom is 0.315 e. The fourth-order valence-electron chi connectivity index (χ4n) is 2.74. The highest BCUT2D eigenvalue weighted by Gasteiger charge is 2.34. The van der Waals surface area contributed by atoms with Crippen molar-refractivity contribution in [3.8, 4) is 11.5 Å². The molecule has 2 N–H and O–H groups in total. The lowest BCUT2D eigenvalue weighted by molar-refractivity contribution is -0.386. The van der Waals surface area contributed by atoms with Crippen molar-refractivity contribution in [2.75, 3.05) is 12.0 Å². The molecule has 2 amide bonds. The van der Waals surface area contributed by atoms with Crippen LogP contribution in [-0.2, 0) is 9.59 Å². The van der Waals surface area contributed by atoms with Gasteiger partial charge in [-0.3, -0.25) is 29.9 Å². The Morgan fingerprint density at radius 1 is 1.24 bits per heavy atom. The third-order valence-electron chi connectivity index (χ3n) is 4.20.